The van der Waals surface area contributed by atoms with Crippen LogP contribution in [-0.2, 0) is 14.3 Å². The molecule has 140 valence electrons. The Morgan fingerprint density at radius 1 is 1.11 bits per heavy atom. The van der Waals surface area contributed by atoms with Crippen molar-refractivity contribution in [2.75, 3.05) is 19.1 Å². The van der Waals surface area contributed by atoms with Gasteiger partial charge in [-0.2, -0.15) is 0 Å². The monoisotopic (exact) mass is 431 g/mol. The maximum Gasteiger partial charge on any atom is 0.330 e. The number of carbonyl (C=O) groups is 2. The Labute approximate surface area is 165 Å². The Hall–Kier alpha value is -2.80. The first-order valence-electron chi connectivity index (χ1n) is 8.19. The minimum atomic E-state index is -0.744. The summed E-state index contributed by atoms with van der Waals surface area (Å²) in [4.78, 5) is 25.8. The molecule has 0 aliphatic carbocycles. The van der Waals surface area contributed by atoms with Crippen LogP contribution in [-0.4, -0.2) is 38.2 Å². The van der Waals surface area contributed by atoms with Crippen molar-refractivity contribution in [3.8, 4) is 11.5 Å². The van der Waals surface area contributed by atoms with Crippen molar-refractivity contribution in [3.63, 3.8) is 0 Å². The summed E-state index contributed by atoms with van der Waals surface area (Å²) in [5, 5.41) is 0. The van der Waals surface area contributed by atoms with E-state index in [0.29, 0.717) is 17.2 Å². The first-order valence-corrected chi connectivity index (χ1v) is 8.99. The predicted molar refractivity (Wildman–Crippen MR) is 104 cm³/mol. The average Bonchev–Trinajstić information content (AvgIpc) is 2.70. The molecule has 0 saturated carbocycles. The summed E-state index contributed by atoms with van der Waals surface area (Å²) < 4.78 is 16.4. The standard InChI is InChI=1S/C20H18BrNO5/c1-25-14-9-7-13(8-10-14)22-16(11-12-18(23)26-2)19(20(22)24)27-17-6-4-3-5-15(17)21/h3-12,16,19H,1-2H3/b12-11+/t16-,19+/m0/s1. The van der Waals surface area contributed by atoms with Crippen molar-refractivity contribution in [1.29, 1.82) is 0 Å². The molecule has 0 aromatic heterocycles. The van der Waals surface area contributed by atoms with Gasteiger partial charge in [0.25, 0.3) is 5.91 Å². The Bertz CT molecular complexity index is 865. The Morgan fingerprint density at radius 3 is 2.44 bits per heavy atom. The lowest BCUT2D eigenvalue weighted by atomic mass is 9.95. The van der Waals surface area contributed by atoms with E-state index in [1.54, 1.807) is 48.4 Å². The minimum absolute atomic E-state index is 0.199. The fraction of sp³-hybridized carbons (Fsp3) is 0.200. The Balaban J connectivity index is 1.86. The number of halogens is 1. The molecular formula is C20H18BrNO5. The van der Waals surface area contributed by atoms with Crippen LogP contribution in [0.5, 0.6) is 11.5 Å². The third kappa shape index (κ3) is 3.98. The molecule has 6 nitrogen and oxygen atoms in total. The molecule has 1 heterocycles. The fourth-order valence-corrected chi connectivity index (χ4v) is 3.13. The zero-order valence-corrected chi connectivity index (χ0v) is 16.4. The van der Waals surface area contributed by atoms with Crippen molar-refractivity contribution >= 4 is 33.5 Å². The van der Waals surface area contributed by atoms with Crippen LogP contribution in [0, 0.1) is 0 Å². The van der Waals surface area contributed by atoms with Crippen molar-refractivity contribution in [3.05, 3.63) is 65.2 Å². The summed E-state index contributed by atoms with van der Waals surface area (Å²) in [5.41, 5.74) is 0.687. The molecule has 7 heteroatoms. The molecule has 0 bridgehead atoms. The van der Waals surface area contributed by atoms with E-state index in [4.69, 9.17) is 9.47 Å². The number of carbonyl (C=O) groups excluding carboxylic acids is 2. The number of hydrogen-bond donors (Lipinski definition) is 0. The molecule has 0 unspecified atom stereocenters. The molecule has 0 N–H and O–H groups in total. The highest BCUT2D eigenvalue weighted by Crippen LogP contribution is 2.35. The summed E-state index contributed by atoms with van der Waals surface area (Å²) in [6.07, 6.45) is 2.16. The number of benzene rings is 2. The second kappa shape index (κ2) is 8.26. The van der Waals surface area contributed by atoms with E-state index >= 15 is 0 Å². The second-order valence-electron chi connectivity index (χ2n) is 5.75. The van der Waals surface area contributed by atoms with Crippen LogP contribution in [0.3, 0.4) is 0 Å². The number of rotatable bonds is 6. The first-order chi connectivity index (χ1) is 13.0. The zero-order chi connectivity index (χ0) is 19.4. The molecule has 2 atom stereocenters. The molecule has 2 aromatic rings. The van der Waals surface area contributed by atoms with E-state index in [-0.39, 0.29) is 5.91 Å². The van der Waals surface area contributed by atoms with Gasteiger partial charge in [-0.3, -0.25) is 9.69 Å². The van der Waals surface area contributed by atoms with Crippen molar-refractivity contribution in [2.45, 2.75) is 12.1 Å². The number of hydrogen-bond acceptors (Lipinski definition) is 5. The molecule has 1 fully saturated rings. The van der Waals surface area contributed by atoms with Gasteiger partial charge in [0.05, 0.1) is 18.7 Å². The summed E-state index contributed by atoms with van der Waals surface area (Å²) in [6, 6.07) is 13.9. The lowest BCUT2D eigenvalue weighted by molar-refractivity contribution is -0.135. The van der Waals surface area contributed by atoms with Crippen molar-refractivity contribution < 1.29 is 23.8 Å². The third-order valence-electron chi connectivity index (χ3n) is 4.16. The number of esters is 1. The van der Waals surface area contributed by atoms with Crippen LogP contribution in [0.2, 0.25) is 0 Å². The Kier molecular flexibility index (Phi) is 5.81. The number of nitrogens with zero attached hydrogens (tertiary/aromatic N) is 1. The van der Waals surface area contributed by atoms with Crippen molar-refractivity contribution in [2.24, 2.45) is 0 Å². The van der Waals surface area contributed by atoms with Gasteiger partial charge in [0.1, 0.15) is 17.5 Å². The number of para-hydroxylation sites is 1. The largest absolute Gasteiger partial charge is 0.497 e. The molecule has 1 aliphatic heterocycles. The maximum atomic E-state index is 12.8. The van der Waals surface area contributed by atoms with Gasteiger partial charge in [0.15, 0.2) is 0 Å². The van der Waals surface area contributed by atoms with Crippen LogP contribution in [0.4, 0.5) is 5.69 Å². The maximum absolute atomic E-state index is 12.8. The highest BCUT2D eigenvalue weighted by molar-refractivity contribution is 9.10. The van der Waals surface area contributed by atoms with E-state index in [9.17, 15) is 9.59 Å². The van der Waals surface area contributed by atoms with E-state index in [2.05, 4.69) is 20.7 Å². The molecule has 0 radical (unpaired) electrons. The summed E-state index contributed by atoms with van der Waals surface area (Å²) in [7, 11) is 2.88. The van der Waals surface area contributed by atoms with Gasteiger partial charge in [-0.15, -0.1) is 0 Å². The topological polar surface area (TPSA) is 65.1 Å². The summed E-state index contributed by atoms with van der Waals surface area (Å²) >= 11 is 3.41. The van der Waals surface area contributed by atoms with Crippen LogP contribution >= 0.6 is 15.9 Å². The fourth-order valence-electron chi connectivity index (χ4n) is 2.75. The summed E-state index contributed by atoms with van der Waals surface area (Å²) in [5.74, 6) is 0.551. The normalized spacial score (nSPS) is 18.9. The lowest BCUT2D eigenvalue weighted by Gasteiger charge is -2.45. The van der Waals surface area contributed by atoms with E-state index in [1.165, 1.54) is 13.2 Å². The van der Waals surface area contributed by atoms with Crippen molar-refractivity contribution in [1.82, 2.24) is 0 Å². The lowest BCUT2D eigenvalue weighted by Crippen LogP contribution is -2.66. The minimum Gasteiger partial charge on any atom is -0.497 e. The van der Waals surface area contributed by atoms with Gasteiger partial charge in [-0.1, -0.05) is 18.2 Å². The van der Waals surface area contributed by atoms with Gasteiger partial charge < -0.3 is 14.2 Å². The van der Waals surface area contributed by atoms with E-state index in [1.807, 2.05) is 18.2 Å². The van der Waals surface area contributed by atoms with Gasteiger partial charge in [0, 0.05) is 11.8 Å². The first kappa shape index (κ1) is 19.0. The summed E-state index contributed by atoms with van der Waals surface area (Å²) in [6.45, 7) is 0. The number of amides is 1. The van der Waals surface area contributed by atoms with Gasteiger partial charge in [-0.05, 0) is 52.3 Å². The molecule has 1 amide bonds. The molecule has 1 saturated heterocycles. The average molecular weight is 432 g/mol. The quantitative estimate of drug-likeness (QED) is 0.398. The number of β-lactam (4-membered cyclic amide) rings is 1. The number of ether oxygens (including phenoxy) is 3. The SMILES string of the molecule is COC(=O)/C=C/[C@H]1[C@@H](Oc2ccccc2Br)C(=O)N1c1ccc(OC)cc1. The number of methoxy groups -OCH3 is 2. The molecule has 1 aliphatic rings. The highest BCUT2D eigenvalue weighted by Gasteiger charge is 2.49. The van der Waals surface area contributed by atoms with E-state index < -0.39 is 18.1 Å². The third-order valence-corrected chi connectivity index (χ3v) is 4.82. The smallest absolute Gasteiger partial charge is 0.330 e. The van der Waals surface area contributed by atoms with Gasteiger partial charge in [0.2, 0.25) is 6.10 Å². The van der Waals surface area contributed by atoms with Crippen LogP contribution in [0.15, 0.2) is 65.2 Å². The molecule has 3 rings (SSSR count). The van der Waals surface area contributed by atoms with Crippen LogP contribution < -0.4 is 14.4 Å². The molecule has 0 spiro atoms. The highest BCUT2D eigenvalue weighted by atomic mass is 79.9. The predicted octanol–water partition coefficient (Wildman–Crippen LogP) is 3.35. The molecular weight excluding hydrogens is 414 g/mol. The van der Waals surface area contributed by atoms with Gasteiger partial charge in [-0.25, -0.2) is 4.79 Å². The Morgan fingerprint density at radius 2 is 1.81 bits per heavy atom. The van der Waals surface area contributed by atoms with Crippen LogP contribution in [0.25, 0.3) is 0 Å². The number of anilines is 1. The van der Waals surface area contributed by atoms with Gasteiger partial charge >= 0.3 is 5.97 Å². The zero-order valence-electron chi connectivity index (χ0n) is 14.8. The van der Waals surface area contributed by atoms with Crippen LogP contribution in [0.1, 0.15) is 0 Å². The molecule has 27 heavy (non-hydrogen) atoms. The van der Waals surface area contributed by atoms with E-state index in [0.717, 1.165) is 4.47 Å². The second-order valence-corrected chi connectivity index (χ2v) is 6.60. The molecule has 2 aromatic carbocycles.